The van der Waals surface area contributed by atoms with Crippen molar-refractivity contribution in [2.75, 3.05) is 14.2 Å². The maximum Gasteiger partial charge on any atom is 0.339 e. The zero-order chi connectivity index (χ0) is 25.8. The molecule has 0 aliphatic heterocycles. The third kappa shape index (κ3) is 8.33. The first-order valence-electron chi connectivity index (χ1n) is 8.85. The van der Waals surface area contributed by atoms with E-state index < -0.39 is 40.7 Å². The third-order valence-electron chi connectivity index (χ3n) is 3.59. The number of H-pyrrole nitrogens is 3. The molecule has 12 nitrogen and oxygen atoms in total. The van der Waals surface area contributed by atoms with E-state index >= 15 is 0 Å². The molecule has 3 aromatic rings. The number of hydrogen-bond acceptors (Lipinski definition) is 8. The number of rotatable bonds is 3. The lowest BCUT2D eigenvalue weighted by atomic mass is 10.3. The average Bonchev–Trinajstić information content (AvgIpc) is 2.82. The van der Waals surface area contributed by atoms with Gasteiger partial charge in [0.05, 0.1) is 30.9 Å². The standard InChI is InChI=1S/C7H6FNO3.C7H7NO3.C6H4FNO3/c1-12-7(11)4-2-5(8)6(10)9-3-4;1-11-7(10)5-2-3-6(9)8-4-5;7-4-1-3(6(10)11)2-8-5(4)9/h2-3H,1H3,(H,9,10);2-4H,1H3,(H,8,9);1-2H,(H,8,9)(H,10,11). The Balaban J connectivity index is 0.000000255. The zero-order valence-corrected chi connectivity index (χ0v) is 17.5. The number of pyridine rings is 3. The first kappa shape index (κ1) is 27.2. The topological polar surface area (TPSA) is 188 Å². The van der Waals surface area contributed by atoms with E-state index in [1.165, 1.54) is 32.5 Å². The van der Waals surface area contributed by atoms with Gasteiger partial charge in [-0.3, -0.25) is 14.4 Å². The first-order chi connectivity index (χ1) is 16.0. The van der Waals surface area contributed by atoms with E-state index in [4.69, 9.17) is 5.11 Å². The van der Waals surface area contributed by atoms with Crippen LogP contribution in [0, 0.1) is 11.6 Å². The number of carbonyl (C=O) groups excluding carboxylic acids is 2. The third-order valence-corrected chi connectivity index (χ3v) is 3.59. The van der Waals surface area contributed by atoms with Gasteiger partial charge in [0, 0.05) is 24.7 Å². The summed E-state index contributed by atoms with van der Waals surface area (Å²) in [5, 5.41) is 8.31. The van der Waals surface area contributed by atoms with Crippen molar-refractivity contribution in [2.24, 2.45) is 0 Å². The van der Waals surface area contributed by atoms with Crippen LogP contribution in [0.3, 0.4) is 0 Å². The van der Waals surface area contributed by atoms with E-state index in [0.717, 1.165) is 18.5 Å². The summed E-state index contributed by atoms with van der Waals surface area (Å²) in [7, 11) is 2.46. The van der Waals surface area contributed by atoms with Crippen molar-refractivity contribution < 1.29 is 37.7 Å². The van der Waals surface area contributed by atoms with Gasteiger partial charge in [-0.05, 0) is 18.2 Å². The molecule has 0 aliphatic rings. The van der Waals surface area contributed by atoms with Crippen molar-refractivity contribution in [2.45, 2.75) is 0 Å². The lowest BCUT2D eigenvalue weighted by molar-refractivity contribution is 0.0591. The molecule has 0 amide bonds. The summed E-state index contributed by atoms with van der Waals surface area (Å²) in [6, 6.07) is 4.17. The van der Waals surface area contributed by atoms with E-state index in [-0.39, 0.29) is 16.7 Å². The first-order valence-corrected chi connectivity index (χ1v) is 8.85. The van der Waals surface area contributed by atoms with Crippen LogP contribution in [0.25, 0.3) is 0 Å². The molecule has 0 saturated heterocycles. The summed E-state index contributed by atoms with van der Waals surface area (Å²) in [6.07, 6.45) is 3.35. The molecule has 3 heterocycles. The summed E-state index contributed by atoms with van der Waals surface area (Å²) in [4.78, 5) is 69.5. The van der Waals surface area contributed by atoms with E-state index in [9.17, 15) is 37.5 Å². The maximum atomic E-state index is 12.5. The van der Waals surface area contributed by atoms with E-state index in [1.807, 2.05) is 4.98 Å². The molecular weight excluding hydrogens is 464 g/mol. The molecule has 0 saturated carbocycles. The van der Waals surface area contributed by atoms with Crippen molar-refractivity contribution in [1.82, 2.24) is 15.0 Å². The summed E-state index contributed by atoms with van der Waals surface area (Å²) in [6.45, 7) is 0. The Morgan fingerprint density at radius 1 is 0.735 bits per heavy atom. The lowest BCUT2D eigenvalue weighted by Crippen LogP contribution is -2.13. The molecule has 0 aliphatic carbocycles. The monoisotopic (exact) mass is 481 g/mol. The summed E-state index contributed by atoms with van der Waals surface area (Å²) in [5.74, 6) is -4.52. The number of carboxylic acid groups (broad SMARTS) is 1. The van der Waals surface area contributed by atoms with Gasteiger partial charge in [-0.2, -0.15) is 0 Å². The van der Waals surface area contributed by atoms with Gasteiger partial charge in [-0.25, -0.2) is 23.2 Å². The molecular formula is C20H17F2N3O9. The lowest BCUT2D eigenvalue weighted by Gasteiger charge is -1.96. The predicted molar refractivity (Wildman–Crippen MR) is 111 cm³/mol. The predicted octanol–water partition coefficient (Wildman–Crippen LogP) is 0.674. The van der Waals surface area contributed by atoms with E-state index in [2.05, 4.69) is 19.4 Å². The summed E-state index contributed by atoms with van der Waals surface area (Å²) in [5.41, 5.74) is -1.97. The molecule has 180 valence electrons. The number of methoxy groups -OCH3 is 2. The largest absolute Gasteiger partial charge is 0.478 e. The minimum atomic E-state index is -1.28. The second kappa shape index (κ2) is 12.8. The minimum absolute atomic E-state index is 0.0189. The van der Waals surface area contributed by atoms with Crippen LogP contribution in [0.4, 0.5) is 8.78 Å². The Bertz CT molecular complexity index is 1330. The highest BCUT2D eigenvalue weighted by Crippen LogP contribution is 1.98. The quantitative estimate of drug-likeness (QED) is 0.390. The second-order valence-electron chi connectivity index (χ2n) is 5.86. The van der Waals surface area contributed by atoms with Gasteiger partial charge >= 0.3 is 17.9 Å². The molecule has 0 fully saturated rings. The van der Waals surface area contributed by atoms with Gasteiger partial charge in [0.1, 0.15) is 0 Å². The van der Waals surface area contributed by atoms with Gasteiger partial charge < -0.3 is 29.5 Å². The number of carbonyl (C=O) groups is 3. The van der Waals surface area contributed by atoms with Gasteiger partial charge in [0.25, 0.3) is 11.1 Å². The number of aromatic carboxylic acids is 1. The highest BCUT2D eigenvalue weighted by atomic mass is 19.1. The fourth-order valence-corrected chi connectivity index (χ4v) is 1.93. The molecule has 0 atom stereocenters. The number of esters is 2. The van der Waals surface area contributed by atoms with Gasteiger partial charge in [0.2, 0.25) is 5.56 Å². The van der Waals surface area contributed by atoms with Gasteiger partial charge in [-0.1, -0.05) is 0 Å². The fraction of sp³-hybridized carbons (Fsp3) is 0.100. The summed E-state index contributed by atoms with van der Waals surface area (Å²) >= 11 is 0. The van der Waals surface area contributed by atoms with E-state index in [1.54, 1.807) is 0 Å². The van der Waals surface area contributed by atoms with Gasteiger partial charge in [0.15, 0.2) is 11.6 Å². The fourth-order valence-electron chi connectivity index (χ4n) is 1.93. The van der Waals surface area contributed by atoms with Crippen LogP contribution in [0.15, 0.2) is 57.2 Å². The average molecular weight is 481 g/mol. The minimum Gasteiger partial charge on any atom is -0.478 e. The van der Waals surface area contributed by atoms with Crippen molar-refractivity contribution >= 4 is 17.9 Å². The van der Waals surface area contributed by atoms with Crippen molar-refractivity contribution in [3.63, 3.8) is 0 Å². The number of nitrogens with one attached hydrogen (secondary N) is 3. The molecule has 3 aromatic heterocycles. The van der Waals surface area contributed by atoms with Crippen LogP contribution in [0.5, 0.6) is 0 Å². The van der Waals surface area contributed by atoms with Gasteiger partial charge in [-0.15, -0.1) is 0 Å². The van der Waals surface area contributed by atoms with Crippen molar-refractivity contribution in [1.29, 1.82) is 0 Å². The molecule has 34 heavy (non-hydrogen) atoms. The number of hydrogen-bond donors (Lipinski definition) is 4. The number of ether oxygens (including phenoxy) is 2. The van der Waals surface area contributed by atoms with Crippen LogP contribution >= 0.6 is 0 Å². The number of carboxylic acids is 1. The highest BCUT2D eigenvalue weighted by molar-refractivity contribution is 5.89. The number of aromatic nitrogens is 3. The number of aromatic amines is 3. The molecule has 3 rings (SSSR count). The van der Waals surface area contributed by atoms with Crippen LogP contribution in [-0.2, 0) is 9.47 Å². The second-order valence-corrected chi connectivity index (χ2v) is 5.86. The Hall–Kier alpha value is -4.88. The molecule has 0 unspecified atom stereocenters. The van der Waals surface area contributed by atoms with Crippen molar-refractivity contribution in [3.8, 4) is 0 Å². The Kier molecular flexibility index (Phi) is 10.3. The molecule has 0 radical (unpaired) electrons. The van der Waals surface area contributed by atoms with Crippen molar-refractivity contribution in [3.05, 3.63) is 102 Å². The zero-order valence-electron chi connectivity index (χ0n) is 17.5. The smallest absolute Gasteiger partial charge is 0.339 e. The molecule has 4 N–H and O–H groups in total. The summed E-state index contributed by atoms with van der Waals surface area (Å²) < 4.78 is 33.6. The molecule has 0 aromatic carbocycles. The normalized spacial score (nSPS) is 9.41. The Morgan fingerprint density at radius 2 is 1.18 bits per heavy atom. The molecule has 14 heteroatoms. The van der Waals surface area contributed by atoms with E-state index in [0.29, 0.717) is 11.6 Å². The molecule has 0 spiro atoms. The number of halogens is 2. The highest BCUT2D eigenvalue weighted by Gasteiger charge is 2.08. The van der Waals surface area contributed by atoms with Crippen LogP contribution in [0.1, 0.15) is 31.1 Å². The SMILES string of the molecule is COC(=O)c1c[nH]c(=O)c(F)c1.COC(=O)c1ccc(=O)[nH]c1.O=C(O)c1c[nH]c(=O)c(F)c1. The van der Waals surface area contributed by atoms with Crippen LogP contribution < -0.4 is 16.7 Å². The Morgan fingerprint density at radius 3 is 1.59 bits per heavy atom. The Labute approximate surface area is 187 Å². The molecule has 0 bridgehead atoms. The van der Waals surface area contributed by atoms with Crippen LogP contribution in [-0.4, -0.2) is 52.2 Å². The van der Waals surface area contributed by atoms with Crippen LogP contribution in [0.2, 0.25) is 0 Å². The maximum absolute atomic E-state index is 12.5.